The van der Waals surface area contributed by atoms with Crippen molar-refractivity contribution >= 4 is 17.3 Å². The average Bonchev–Trinajstić information content (AvgIpc) is 2.64. The van der Waals surface area contributed by atoms with E-state index in [1.165, 1.54) is 7.11 Å². The summed E-state index contributed by atoms with van der Waals surface area (Å²) >= 11 is 1.61. The lowest BCUT2D eigenvalue weighted by Gasteiger charge is -1.97. The van der Waals surface area contributed by atoms with Gasteiger partial charge in [0.1, 0.15) is 0 Å². The Hall–Kier alpha value is -0.900. The minimum atomic E-state index is -0.127. The van der Waals surface area contributed by atoms with Gasteiger partial charge in [0.05, 0.1) is 18.3 Å². The highest BCUT2D eigenvalue weighted by Crippen LogP contribution is 2.07. The van der Waals surface area contributed by atoms with Crippen LogP contribution >= 0.6 is 11.3 Å². The summed E-state index contributed by atoms with van der Waals surface area (Å²) < 4.78 is 4.53. The van der Waals surface area contributed by atoms with Crippen LogP contribution in [0.5, 0.6) is 0 Å². The predicted molar refractivity (Wildman–Crippen MR) is 51.7 cm³/mol. The fourth-order valence-corrected chi connectivity index (χ4v) is 1.63. The number of carbonyl (C=O) groups is 1. The van der Waals surface area contributed by atoms with E-state index in [1.54, 1.807) is 11.3 Å². The molecule has 0 saturated heterocycles. The lowest BCUT2D eigenvalue weighted by molar-refractivity contribution is -0.140. The van der Waals surface area contributed by atoms with Crippen molar-refractivity contribution in [2.75, 3.05) is 7.11 Å². The molecule has 1 aromatic rings. The van der Waals surface area contributed by atoms with Crippen molar-refractivity contribution in [3.8, 4) is 0 Å². The molecule has 0 atom stereocenters. The number of thiazole rings is 1. The first-order valence-corrected chi connectivity index (χ1v) is 5.21. The van der Waals surface area contributed by atoms with E-state index in [0.717, 1.165) is 25.0 Å². The Morgan fingerprint density at radius 2 is 2.46 bits per heavy atom. The summed E-state index contributed by atoms with van der Waals surface area (Å²) in [5.74, 6) is -0.127. The lowest BCUT2D eigenvalue weighted by atomic mass is 10.1. The maximum atomic E-state index is 10.7. The second kappa shape index (κ2) is 5.70. The van der Waals surface area contributed by atoms with E-state index < -0.39 is 0 Å². The third kappa shape index (κ3) is 4.03. The SMILES string of the molecule is COC(=O)CCCCc1cscn1. The third-order valence-electron chi connectivity index (χ3n) is 1.77. The monoisotopic (exact) mass is 199 g/mol. The standard InChI is InChI=1S/C9H13NO2S/c1-12-9(11)5-3-2-4-8-6-13-7-10-8/h6-7H,2-5H2,1H3. The van der Waals surface area contributed by atoms with Gasteiger partial charge in [0.25, 0.3) is 0 Å². The molecule has 1 aromatic heterocycles. The van der Waals surface area contributed by atoms with Crippen molar-refractivity contribution in [1.29, 1.82) is 0 Å². The molecule has 0 unspecified atom stereocenters. The van der Waals surface area contributed by atoms with Gasteiger partial charge in [-0.2, -0.15) is 0 Å². The summed E-state index contributed by atoms with van der Waals surface area (Å²) in [6.07, 6.45) is 3.35. The first kappa shape index (κ1) is 10.2. The highest BCUT2D eigenvalue weighted by molar-refractivity contribution is 7.07. The minimum Gasteiger partial charge on any atom is -0.469 e. The fraction of sp³-hybridized carbons (Fsp3) is 0.556. The van der Waals surface area contributed by atoms with Crippen molar-refractivity contribution in [2.24, 2.45) is 0 Å². The summed E-state index contributed by atoms with van der Waals surface area (Å²) in [5.41, 5.74) is 2.95. The zero-order chi connectivity index (χ0) is 9.52. The number of unbranched alkanes of at least 4 members (excludes halogenated alkanes) is 1. The van der Waals surface area contributed by atoms with Gasteiger partial charge in [-0.1, -0.05) is 0 Å². The van der Waals surface area contributed by atoms with E-state index in [1.807, 2.05) is 10.9 Å². The van der Waals surface area contributed by atoms with Crippen LogP contribution in [0.3, 0.4) is 0 Å². The molecule has 0 aliphatic heterocycles. The van der Waals surface area contributed by atoms with E-state index in [2.05, 4.69) is 9.72 Å². The molecule has 0 N–H and O–H groups in total. The fourth-order valence-electron chi connectivity index (χ4n) is 1.04. The molecular weight excluding hydrogens is 186 g/mol. The first-order valence-electron chi connectivity index (χ1n) is 4.27. The van der Waals surface area contributed by atoms with E-state index >= 15 is 0 Å². The van der Waals surface area contributed by atoms with E-state index in [0.29, 0.717) is 6.42 Å². The normalized spacial score (nSPS) is 9.92. The molecule has 13 heavy (non-hydrogen) atoms. The first-order chi connectivity index (χ1) is 6.33. The molecule has 0 amide bonds. The Kier molecular flexibility index (Phi) is 4.46. The van der Waals surface area contributed by atoms with Gasteiger partial charge < -0.3 is 4.74 Å². The summed E-state index contributed by atoms with van der Waals surface area (Å²) in [7, 11) is 1.42. The van der Waals surface area contributed by atoms with Crippen LogP contribution in [-0.4, -0.2) is 18.1 Å². The molecule has 0 fully saturated rings. The van der Waals surface area contributed by atoms with Crippen molar-refractivity contribution in [2.45, 2.75) is 25.7 Å². The molecule has 3 nitrogen and oxygen atoms in total. The predicted octanol–water partition coefficient (Wildman–Crippen LogP) is 2.03. The van der Waals surface area contributed by atoms with Crippen LogP contribution in [0, 0.1) is 0 Å². The van der Waals surface area contributed by atoms with Gasteiger partial charge in [0.2, 0.25) is 0 Å². The van der Waals surface area contributed by atoms with Crippen LogP contribution in [0.15, 0.2) is 10.9 Å². The number of aryl methyl sites for hydroxylation is 1. The number of aromatic nitrogens is 1. The molecule has 1 rings (SSSR count). The molecule has 0 aliphatic rings. The van der Waals surface area contributed by atoms with Crippen molar-refractivity contribution < 1.29 is 9.53 Å². The second-order valence-electron chi connectivity index (χ2n) is 2.76. The van der Waals surface area contributed by atoms with Crippen LogP contribution in [-0.2, 0) is 16.0 Å². The summed E-state index contributed by atoms with van der Waals surface area (Å²) in [5, 5.41) is 2.04. The van der Waals surface area contributed by atoms with Gasteiger partial charge in [-0.15, -0.1) is 11.3 Å². The van der Waals surface area contributed by atoms with Gasteiger partial charge in [-0.3, -0.25) is 4.79 Å². The number of esters is 1. The maximum Gasteiger partial charge on any atom is 0.305 e. The van der Waals surface area contributed by atoms with Crippen molar-refractivity contribution in [3.05, 3.63) is 16.6 Å². The zero-order valence-corrected chi connectivity index (χ0v) is 8.47. The van der Waals surface area contributed by atoms with Gasteiger partial charge in [-0.05, 0) is 19.3 Å². The second-order valence-corrected chi connectivity index (χ2v) is 3.48. The number of methoxy groups -OCH3 is 1. The summed E-state index contributed by atoms with van der Waals surface area (Å²) in [6.45, 7) is 0. The lowest BCUT2D eigenvalue weighted by Crippen LogP contribution is -1.99. The molecule has 0 aliphatic carbocycles. The average molecular weight is 199 g/mol. The molecule has 4 heteroatoms. The molecular formula is C9H13NO2S. The molecule has 0 saturated carbocycles. The largest absolute Gasteiger partial charge is 0.469 e. The van der Waals surface area contributed by atoms with Crippen LogP contribution < -0.4 is 0 Å². The van der Waals surface area contributed by atoms with Gasteiger partial charge in [-0.25, -0.2) is 4.98 Å². The number of ether oxygens (including phenoxy) is 1. The summed E-state index contributed by atoms with van der Waals surface area (Å²) in [6, 6.07) is 0. The minimum absolute atomic E-state index is 0.127. The van der Waals surface area contributed by atoms with E-state index in [-0.39, 0.29) is 5.97 Å². The smallest absolute Gasteiger partial charge is 0.305 e. The van der Waals surface area contributed by atoms with Gasteiger partial charge in [0.15, 0.2) is 0 Å². The summed E-state index contributed by atoms with van der Waals surface area (Å²) in [4.78, 5) is 14.9. The Balaban J connectivity index is 2.05. The molecule has 72 valence electrons. The number of hydrogen-bond acceptors (Lipinski definition) is 4. The Bertz CT molecular complexity index is 246. The number of rotatable bonds is 5. The Morgan fingerprint density at radius 1 is 1.62 bits per heavy atom. The Morgan fingerprint density at radius 3 is 3.08 bits per heavy atom. The van der Waals surface area contributed by atoms with Gasteiger partial charge >= 0.3 is 5.97 Å². The number of nitrogens with zero attached hydrogens (tertiary/aromatic N) is 1. The van der Waals surface area contributed by atoms with Crippen LogP contribution in [0.4, 0.5) is 0 Å². The quantitative estimate of drug-likeness (QED) is 0.538. The van der Waals surface area contributed by atoms with Crippen molar-refractivity contribution in [1.82, 2.24) is 4.98 Å². The van der Waals surface area contributed by atoms with E-state index in [4.69, 9.17) is 0 Å². The molecule has 1 heterocycles. The highest BCUT2D eigenvalue weighted by atomic mass is 32.1. The topological polar surface area (TPSA) is 39.2 Å². The Labute approximate surface area is 81.8 Å². The molecule has 0 aromatic carbocycles. The molecule has 0 spiro atoms. The molecule has 0 bridgehead atoms. The number of hydrogen-bond donors (Lipinski definition) is 0. The van der Waals surface area contributed by atoms with Gasteiger partial charge in [0, 0.05) is 11.8 Å². The zero-order valence-electron chi connectivity index (χ0n) is 7.66. The van der Waals surface area contributed by atoms with Crippen LogP contribution in [0.2, 0.25) is 0 Å². The van der Waals surface area contributed by atoms with Crippen LogP contribution in [0.1, 0.15) is 25.0 Å². The van der Waals surface area contributed by atoms with E-state index in [9.17, 15) is 4.79 Å². The number of carbonyl (C=O) groups excluding carboxylic acids is 1. The van der Waals surface area contributed by atoms with Crippen molar-refractivity contribution in [3.63, 3.8) is 0 Å². The third-order valence-corrected chi connectivity index (χ3v) is 2.41. The van der Waals surface area contributed by atoms with Crippen LogP contribution in [0.25, 0.3) is 0 Å². The highest BCUT2D eigenvalue weighted by Gasteiger charge is 2.00. The maximum absolute atomic E-state index is 10.7. The molecule has 0 radical (unpaired) electrons.